The van der Waals surface area contributed by atoms with Crippen molar-refractivity contribution in [3.05, 3.63) is 4.91 Å². The van der Waals surface area contributed by atoms with Crippen molar-refractivity contribution in [1.82, 2.24) is 0 Å². The minimum atomic E-state index is -1.13. The van der Waals surface area contributed by atoms with Crippen LogP contribution in [0.4, 0.5) is 0 Å². The molecule has 0 radical (unpaired) electrons. The van der Waals surface area contributed by atoms with Crippen LogP contribution in [0.15, 0.2) is 5.18 Å². The van der Waals surface area contributed by atoms with Gasteiger partial charge in [-0.1, -0.05) is 5.18 Å². The second-order valence-corrected chi connectivity index (χ2v) is 2.01. The van der Waals surface area contributed by atoms with Gasteiger partial charge in [0.25, 0.3) is 0 Å². The number of carbonyl (C=O) groups is 1. The van der Waals surface area contributed by atoms with Crippen LogP contribution in [0.2, 0.25) is 0 Å². The number of aliphatic hydroxyl groups excluding tert-OH is 1. The fourth-order valence-corrected chi connectivity index (χ4v) is 0.475. The fourth-order valence-electron chi connectivity index (χ4n) is 0.475. The van der Waals surface area contributed by atoms with E-state index in [1.165, 1.54) is 6.92 Å². The Labute approximate surface area is 57.6 Å². The van der Waals surface area contributed by atoms with Gasteiger partial charge in [0.15, 0.2) is 0 Å². The monoisotopic (exact) mass is 147 g/mol. The van der Waals surface area contributed by atoms with Crippen molar-refractivity contribution in [3.63, 3.8) is 0 Å². The van der Waals surface area contributed by atoms with E-state index in [1.54, 1.807) is 0 Å². The van der Waals surface area contributed by atoms with Gasteiger partial charge in [-0.3, -0.25) is 4.79 Å². The summed E-state index contributed by atoms with van der Waals surface area (Å²) in [5.41, 5.74) is 0. The molecule has 0 aliphatic heterocycles. The molecule has 0 amide bonds. The summed E-state index contributed by atoms with van der Waals surface area (Å²) in [4.78, 5) is 19.8. The van der Waals surface area contributed by atoms with Crippen LogP contribution in [0.5, 0.6) is 0 Å². The summed E-state index contributed by atoms with van der Waals surface area (Å²) in [6.45, 7) is 1.33. The van der Waals surface area contributed by atoms with E-state index < -0.39 is 24.5 Å². The standard InChI is InChI=1S/C5H9NO4/c1-3(7)4(6-10)2-5(8)9/h3-4,7H,2H2,1H3,(H,8,9). The third kappa shape index (κ3) is 3.13. The molecule has 0 bridgehead atoms. The number of aliphatic hydroxyl groups is 1. The number of carboxylic acids is 1. The molecule has 5 nitrogen and oxygen atoms in total. The average Bonchev–Trinajstić information content (AvgIpc) is 1.81. The molecule has 0 spiro atoms. The van der Waals surface area contributed by atoms with Crippen molar-refractivity contribution < 1.29 is 15.0 Å². The van der Waals surface area contributed by atoms with Crippen LogP contribution in [0.25, 0.3) is 0 Å². The van der Waals surface area contributed by atoms with Crippen molar-refractivity contribution in [2.75, 3.05) is 0 Å². The smallest absolute Gasteiger partial charge is 0.305 e. The molecule has 2 N–H and O–H groups in total. The van der Waals surface area contributed by atoms with Crippen LogP contribution in [-0.2, 0) is 4.79 Å². The van der Waals surface area contributed by atoms with Gasteiger partial charge in [-0.2, -0.15) is 4.91 Å². The molecule has 5 heteroatoms. The van der Waals surface area contributed by atoms with Gasteiger partial charge >= 0.3 is 5.97 Å². The first-order valence-electron chi connectivity index (χ1n) is 2.80. The largest absolute Gasteiger partial charge is 0.481 e. The maximum absolute atomic E-state index is 9.96. The highest BCUT2D eigenvalue weighted by atomic mass is 16.4. The van der Waals surface area contributed by atoms with Gasteiger partial charge < -0.3 is 10.2 Å². The zero-order chi connectivity index (χ0) is 8.15. The minimum Gasteiger partial charge on any atom is -0.481 e. The molecule has 10 heavy (non-hydrogen) atoms. The maximum Gasteiger partial charge on any atom is 0.305 e. The molecule has 0 fully saturated rings. The van der Waals surface area contributed by atoms with Crippen molar-refractivity contribution in [3.8, 4) is 0 Å². The SMILES string of the molecule is CC(O)C(CC(=O)O)N=O. The fraction of sp³-hybridized carbons (Fsp3) is 0.800. The van der Waals surface area contributed by atoms with Gasteiger partial charge in [0.2, 0.25) is 0 Å². The van der Waals surface area contributed by atoms with E-state index >= 15 is 0 Å². The maximum atomic E-state index is 9.96. The summed E-state index contributed by atoms with van der Waals surface area (Å²) < 4.78 is 0. The molecule has 0 aliphatic rings. The molecule has 2 atom stereocenters. The molecule has 58 valence electrons. The van der Waals surface area contributed by atoms with E-state index in [-0.39, 0.29) is 0 Å². The first-order valence-corrected chi connectivity index (χ1v) is 2.80. The van der Waals surface area contributed by atoms with Crippen LogP contribution < -0.4 is 0 Å². The molecule has 2 unspecified atom stereocenters. The number of carboxylic acid groups (broad SMARTS) is 1. The predicted octanol–water partition coefficient (Wildman–Crippen LogP) is -0.0231. The molecule has 0 heterocycles. The zero-order valence-corrected chi connectivity index (χ0v) is 5.52. The predicted molar refractivity (Wildman–Crippen MR) is 33.5 cm³/mol. The third-order valence-electron chi connectivity index (χ3n) is 1.08. The summed E-state index contributed by atoms with van der Waals surface area (Å²) in [6, 6.07) is -1.03. The quantitative estimate of drug-likeness (QED) is 0.547. The number of nitroso groups, excluding NO2 is 1. The van der Waals surface area contributed by atoms with Crippen LogP contribution in [0, 0.1) is 4.91 Å². The van der Waals surface area contributed by atoms with Gasteiger partial charge in [-0.25, -0.2) is 0 Å². The Balaban J connectivity index is 3.83. The lowest BCUT2D eigenvalue weighted by molar-refractivity contribution is -0.138. The number of hydrogen-bond donors (Lipinski definition) is 2. The Morgan fingerprint density at radius 2 is 2.20 bits per heavy atom. The highest BCUT2D eigenvalue weighted by molar-refractivity contribution is 5.67. The minimum absolute atomic E-state index is 0.416. The lowest BCUT2D eigenvalue weighted by atomic mass is 10.1. The number of nitrogens with zero attached hydrogens (tertiary/aromatic N) is 1. The summed E-state index contributed by atoms with van der Waals surface area (Å²) in [5.74, 6) is -1.13. The second-order valence-electron chi connectivity index (χ2n) is 2.01. The lowest BCUT2D eigenvalue weighted by Crippen LogP contribution is -2.23. The van der Waals surface area contributed by atoms with Gasteiger partial charge in [-0.05, 0) is 6.92 Å². The van der Waals surface area contributed by atoms with Crippen molar-refractivity contribution in [2.24, 2.45) is 5.18 Å². The Morgan fingerprint density at radius 3 is 2.30 bits per heavy atom. The molecule has 0 saturated carbocycles. The number of hydrogen-bond acceptors (Lipinski definition) is 4. The Morgan fingerprint density at radius 1 is 1.70 bits per heavy atom. The molecular formula is C5H9NO4. The van der Waals surface area contributed by atoms with Crippen molar-refractivity contribution in [2.45, 2.75) is 25.5 Å². The third-order valence-corrected chi connectivity index (χ3v) is 1.08. The van der Waals surface area contributed by atoms with Crippen LogP contribution in [0.1, 0.15) is 13.3 Å². The summed E-state index contributed by atoms with van der Waals surface area (Å²) in [7, 11) is 0. The molecule has 0 saturated heterocycles. The lowest BCUT2D eigenvalue weighted by Gasteiger charge is -2.07. The van der Waals surface area contributed by atoms with E-state index in [9.17, 15) is 9.70 Å². The molecule has 0 aromatic carbocycles. The zero-order valence-electron chi connectivity index (χ0n) is 5.52. The van der Waals surface area contributed by atoms with Crippen molar-refractivity contribution in [1.29, 1.82) is 0 Å². The molecule has 0 aromatic heterocycles. The Bertz CT molecular complexity index is 134. The first-order chi connectivity index (χ1) is 4.57. The molecular weight excluding hydrogens is 138 g/mol. The second kappa shape index (κ2) is 3.94. The van der Waals surface area contributed by atoms with Gasteiger partial charge in [0.1, 0.15) is 6.04 Å². The Hall–Kier alpha value is -0.970. The van der Waals surface area contributed by atoms with Crippen LogP contribution >= 0.6 is 0 Å². The average molecular weight is 147 g/mol. The van der Waals surface area contributed by atoms with E-state index in [1.807, 2.05) is 0 Å². The number of rotatable bonds is 4. The van der Waals surface area contributed by atoms with Gasteiger partial charge in [0.05, 0.1) is 12.5 Å². The van der Waals surface area contributed by atoms with Crippen molar-refractivity contribution >= 4 is 5.97 Å². The number of aliphatic carboxylic acids is 1. The van der Waals surface area contributed by atoms with Gasteiger partial charge in [-0.15, -0.1) is 0 Å². The van der Waals surface area contributed by atoms with Crippen LogP contribution in [0.3, 0.4) is 0 Å². The van der Waals surface area contributed by atoms with Crippen LogP contribution in [-0.4, -0.2) is 28.3 Å². The molecule has 0 aromatic rings. The summed E-state index contributed by atoms with van der Waals surface area (Å²) in [5, 5.41) is 19.3. The topological polar surface area (TPSA) is 87.0 Å². The highest BCUT2D eigenvalue weighted by Crippen LogP contribution is 2.02. The first kappa shape index (κ1) is 9.03. The summed E-state index contributed by atoms with van der Waals surface area (Å²) >= 11 is 0. The molecule has 0 rings (SSSR count). The highest BCUT2D eigenvalue weighted by Gasteiger charge is 2.18. The van der Waals surface area contributed by atoms with E-state index in [2.05, 4.69) is 5.18 Å². The summed E-state index contributed by atoms with van der Waals surface area (Å²) in [6.07, 6.45) is -1.41. The Kier molecular flexibility index (Phi) is 3.56. The van der Waals surface area contributed by atoms with E-state index in [0.717, 1.165) is 0 Å². The van der Waals surface area contributed by atoms with Gasteiger partial charge in [0, 0.05) is 0 Å². The molecule has 0 aliphatic carbocycles. The van der Waals surface area contributed by atoms with E-state index in [4.69, 9.17) is 10.2 Å². The normalized spacial score (nSPS) is 15.8. The van der Waals surface area contributed by atoms with E-state index in [0.29, 0.717) is 0 Å².